The fourth-order valence-electron chi connectivity index (χ4n) is 4.11. The number of hydrogen-bond donors (Lipinski definition) is 0. The summed E-state index contributed by atoms with van der Waals surface area (Å²) in [5, 5.41) is 0. The summed E-state index contributed by atoms with van der Waals surface area (Å²) in [5.41, 5.74) is 2.33. The molecule has 7 heteroatoms. The van der Waals surface area contributed by atoms with Crippen molar-refractivity contribution in [3.05, 3.63) is 47.8 Å². The molecule has 162 valence electrons. The second-order valence-electron chi connectivity index (χ2n) is 8.29. The van der Waals surface area contributed by atoms with Crippen LogP contribution in [-0.2, 0) is 17.8 Å². The summed E-state index contributed by atoms with van der Waals surface area (Å²) in [6.45, 7) is 7.50. The predicted octanol–water partition coefficient (Wildman–Crippen LogP) is 2.42. The third kappa shape index (κ3) is 5.68. The van der Waals surface area contributed by atoms with Gasteiger partial charge in [-0.05, 0) is 43.7 Å². The molecular formula is C23H33N5O2. The number of nitrogens with zero attached hydrogens (tertiary/aromatic N) is 5. The summed E-state index contributed by atoms with van der Waals surface area (Å²) in [6, 6.07) is 10.4. The van der Waals surface area contributed by atoms with Crippen molar-refractivity contribution in [1.29, 1.82) is 0 Å². The van der Waals surface area contributed by atoms with Gasteiger partial charge in [-0.1, -0.05) is 12.1 Å². The number of benzene rings is 1. The zero-order valence-corrected chi connectivity index (χ0v) is 18.2. The number of hydrogen-bond acceptors (Lipinski definition) is 7. The van der Waals surface area contributed by atoms with Crippen LogP contribution in [0.4, 0.5) is 5.95 Å². The Labute approximate surface area is 179 Å². The van der Waals surface area contributed by atoms with Crippen LogP contribution in [0.1, 0.15) is 24.1 Å². The lowest BCUT2D eigenvalue weighted by atomic mass is 10.1. The molecule has 0 aliphatic carbocycles. The van der Waals surface area contributed by atoms with Gasteiger partial charge in [0.2, 0.25) is 5.95 Å². The molecule has 0 unspecified atom stereocenters. The number of methoxy groups -OCH3 is 1. The first-order valence-corrected chi connectivity index (χ1v) is 10.9. The molecule has 2 aromatic rings. The van der Waals surface area contributed by atoms with Crippen LogP contribution in [0.5, 0.6) is 5.75 Å². The Morgan fingerprint density at radius 3 is 2.60 bits per heavy atom. The molecule has 30 heavy (non-hydrogen) atoms. The van der Waals surface area contributed by atoms with Crippen molar-refractivity contribution in [1.82, 2.24) is 19.8 Å². The number of aromatic nitrogens is 2. The van der Waals surface area contributed by atoms with E-state index in [1.165, 1.54) is 5.56 Å². The van der Waals surface area contributed by atoms with E-state index in [1.807, 2.05) is 24.4 Å². The average Bonchev–Trinajstić information content (AvgIpc) is 3.28. The molecule has 1 aromatic carbocycles. The molecule has 2 saturated heterocycles. The van der Waals surface area contributed by atoms with Gasteiger partial charge in [-0.3, -0.25) is 4.90 Å². The van der Waals surface area contributed by atoms with Crippen LogP contribution >= 0.6 is 0 Å². The molecule has 3 heterocycles. The van der Waals surface area contributed by atoms with Crippen LogP contribution in [0.3, 0.4) is 0 Å². The summed E-state index contributed by atoms with van der Waals surface area (Å²) >= 11 is 0. The van der Waals surface area contributed by atoms with Crippen molar-refractivity contribution < 1.29 is 9.47 Å². The van der Waals surface area contributed by atoms with Gasteiger partial charge in [-0.2, -0.15) is 0 Å². The highest BCUT2D eigenvalue weighted by Gasteiger charge is 2.21. The Balaban J connectivity index is 1.45. The standard InChI is InChI=1S/C23H33N5O2/c1-26-11-13-28(14-12-26)23-24-10-9-20(25-23)17-27(18-22-4-3-15-30-22)16-19-5-7-21(29-2)8-6-19/h5-10,22H,3-4,11-18H2,1-2H3/t22-/m1/s1. The molecule has 0 bridgehead atoms. The van der Waals surface area contributed by atoms with Gasteiger partial charge in [-0.15, -0.1) is 0 Å². The van der Waals surface area contributed by atoms with E-state index in [0.717, 1.165) is 82.7 Å². The first-order valence-electron chi connectivity index (χ1n) is 10.9. The van der Waals surface area contributed by atoms with E-state index in [1.54, 1.807) is 7.11 Å². The molecule has 1 aromatic heterocycles. The van der Waals surface area contributed by atoms with Gasteiger partial charge in [0.25, 0.3) is 0 Å². The largest absolute Gasteiger partial charge is 0.497 e. The topological polar surface area (TPSA) is 54.0 Å². The van der Waals surface area contributed by atoms with Gasteiger partial charge < -0.3 is 19.3 Å². The molecule has 0 amide bonds. The molecule has 0 spiro atoms. The molecule has 0 radical (unpaired) electrons. The summed E-state index contributed by atoms with van der Waals surface area (Å²) < 4.78 is 11.2. The van der Waals surface area contributed by atoms with Crippen molar-refractivity contribution in [3.63, 3.8) is 0 Å². The fourth-order valence-corrected chi connectivity index (χ4v) is 4.11. The van der Waals surface area contributed by atoms with Crippen LogP contribution in [0.2, 0.25) is 0 Å². The Morgan fingerprint density at radius 1 is 1.10 bits per heavy atom. The van der Waals surface area contributed by atoms with E-state index in [9.17, 15) is 0 Å². The lowest BCUT2D eigenvalue weighted by molar-refractivity contribution is 0.0674. The summed E-state index contributed by atoms with van der Waals surface area (Å²) in [6.07, 6.45) is 4.49. The van der Waals surface area contributed by atoms with Gasteiger partial charge in [-0.25, -0.2) is 9.97 Å². The Bertz CT molecular complexity index is 786. The molecule has 4 rings (SSSR count). The van der Waals surface area contributed by atoms with E-state index in [2.05, 4.69) is 38.9 Å². The van der Waals surface area contributed by atoms with E-state index < -0.39 is 0 Å². The third-order valence-electron chi connectivity index (χ3n) is 5.92. The minimum Gasteiger partial charge on any atom is -0.497 e. The Kier molecular flexibility index (Phi) is 7.15. The maximum absolute atomic E-state index is 5.92. The highest BCUT2D eigenvalue weighted by molar-refractivity contribution is 5.31. The quantitative estimate of drug-likeness (QED) is 0.661. The minimum atomic E-state index is 0.308. The van der Waals surface area contributed by atoms with Crippen LogP contribution in [0.15, 0.2) is 36.5 Å². The van der Waals surface area contributed by atoms with E-state index >= 15 is 0 Å². The number of rotatable bonds is 8. The molecule has 2 aliphatic rings. The van der Waals surface area contributed by atoms with Gasteiger partial charge in [0, 0.05) is 58.6 Å². The van der Waals surface area contributed by atoms with Crippen LogP contribution in [0.25, 0.3) is 0 Å². The van der Waals surface area contributed by atoms with Gasteiger partial charge in [0.05, 0.1) is 18.9 Å². The van der Waals surface area contributed by atoms with Crippen LogP contribution in [0, 0.1) is 0 Å². The zero-order valence-electron chi connectivity index (χ0n) is 18.2. The van der Waals surface area contributed by atoms with Crippen LogP contribution in [-0.4, -0.2) is 79.4 Å². The highest BCUT2D eigenvalue weighted by atomic mass is 16.5. The highest BCUT2D eigenvalue weighted by Crippen LogP contribution is 2.19. The maximum Gasteiger partial charge on any atom is 0.225 e. The molecule has 7 nitrogen and oxygen atoms in total. The normalized spacial score (nSPS) is 20.1. The van der Waals surface area contributed by atoms with Crippen LogP contribution < -0.4 is 9.64 Å². The van der Waals surface area contributed by atoms with Crippen molar-refractivity contribution in [2.75, 3.05) is 58.4 Å². The molecule has 2 fully saturated rings. The lowest BCUT2D eigenvalue weighted by Gasteiger charge is -2.32. The van der Waals surface area contributed by atoms with Crippen molar-refractivity contribution in [2.24, 2.45) is 0 Å². The van der Waals surface area contributed by atoms with Gasteiger partial charge in [0.1, 0.15) is 5.75 Å². The van der Waals surface area contributed by atoms with Gasteiger partial charge in [0.15, 0.2) is 0 Å². The molecule has 2 aliphatic heterocycles. The Hall–Kier alpha value is -2.22. The van der Waals surface area contributed by atoms with E-state index in [4.69, 9.17) is 14.5 Å². The average molecular weight is 412 g/mol. The second kappa shape index (κ2) is 10.2. The third-order valence-corrected chi connectivity index (χ3v) is 5.92. The number of piperazine rings is 1. The SMILES string of the molecule is COc1ccc(CN(Cc2ccnc(N3CCN(C)CC3)n2)C[C@H]2CCCO2)cc1. The lowest BCUT2D eigenvalue weighted by Crippen LogP contribution is -2.45. The predicted molar refractivity (Wildman–Crippen MR) is 118 cm³/mol. The van der Waals surface area contributed by atoms with E-state index in [-0.39, 0.29) is 0 Å². The number of ether oxygens (including phenoxy) is 2. The number of likely N-dealkylation sites (N-methyl/N-ethyl adjacent to an activating group) is 1. The summed E-state index contributed by atoms with van der Waals surface area (Å²) in [4.78, 5) is 16.5. The minimum absolute atomic E-state index is 0.308. The Morgan fingerprint density at radius 2 is 1.90 bits per heavy atom. The summed E-state index contributed by atoms with van der Waals surface area (Å²) in [5.74, 6) is 1.74. The monoisotopic (exact) mass is 411 g/mol. The molecular weight excluding hydrogens is 378 g/mol. The number of anilines is 1. The zero-order chi connectivity index (χ0) is 20.8. The molecule has 0 N–H and O–H groups in total. The van der Waals surface area contributed by atoms with Crippen molar-refractivity contribution >= 4 is 5.95 Å². The first-order chi connectivity index (χ1) is 14.7. The second-order valence-corrected chi connectivity index (χ2v) is 8.29. The van der Waals surface area contributed by atoms with Crippen molar-refractivity contribution in [2.45, 2.75) is 32.0 Å². The van der Waals surface area contributed by atoms with Gasteiger partial charge >= 0.3 is 0 Å². The first kappa shape index (κ1) is 21.0. The summed E-state index contributed by atoms with van der Waals surface area (Å²) in [7, 11) is 3.86. The molecule has 0 saturated carbocycles. The maximum atomic E-state index is 5.92. The van der Waals surface area contributed by atoms with Crippen molar-refractivity contribution in [3.8, 4) is 5.75 Å². The molecule has 1 atom stereocenters. The van der Waals surface area contributed by atoms with E-state index in [0.29, 0.717) is 6.10 Å². The smallest absolute Gasteiger partial charge is 0.225 e. The fraction of sp³-hybridized carbons (Fsp3) is 0.565.